The lowest BCUT2D eigenvalue weighted by Gasteiger charge is -2.29. The summed E-state index contributed by atoms with van der Waals surface area (Å²) < 4.78 is 26.4. The van der Waals surface area contributed by atoms with Gasteiger partial charge in [-0.15, -0.1) is 0 Å². The van der Waals surface area contributed by atoms with E-state index in [1.807, 2.05) is 26.0 Å². The van der Waals surface area contributed by atoms with Gasteiger partial charge in [0.05, 0.1) is 15.9 Å². The number of thiocarbonyl (C=S) groups is 1. The van der Waals surface area contributed by atoms with Crippen molar-refractivity contribution < 1.29 is 23.5 Å². The van der Waals surface area contributed by atoms with Crippen LogP contribution >= 0.6 is 34.8 Å². The molecule has 0 atom stereocenters. The van der Waals surface area contributed by atoms with Gasteiger partial charge in [0.1, 0.15) is 18.0 Å². The van der Waals surface area contributed by atoms with Crippen LogP contribution in [0, 0.1) is 9.39 Å². The second-order valence-electron chi connectivity index (χ2n) is 8.12. The fourth-order valence-corrected chi connectivity index (χ4v) is 4.84. The zero-order valence-electron chi connectivity index (χ0n) is 20.2. The molecule has 0 aromatic heterocycles. The fourth-order valence-electron chi connectivity index (χ4n) is 3.78. The summed E-state index contributed by atoms with van der Waals surface area (Å²) in [5, 5.41) is 2.63. The first-order valence-electron chi connectivity index (χ1n) is 11.6. The number of aryl methyl sites for hydroxylation is 1. The van der Waals surface area contributed by atoms with Crippen molar-refractivity contribution in [3.05, 3.63) is 92.3 Å². The van der Waals surface area contributed by atoms with Crippen LogP contribution in [0.5, 0.6) is 11.5 Å². The molecule has 0 radical (unpaired) electrons. The van der Waals surface area contributed by atoms with E-state index in [1.165, 1.54) is 17.0 Å². The van der Waals surface area contributed by atoms with Gasteiger partial charge in [-0.1, -0.05) is 37.3 Å². The number of nitrogens with one attached hydrogen (secondary N) is 1. The van der Waals surface area contributed by atoms with Crippen molar-refractivity contribution in [1.82, 2.24) is 5.32 Å². The molecule has 1 aliphatic heterocycles. The molecule has 1 heterocycles. The molecule has 1 N–H and O–H groups in total. The van der Waals surface area contributed by atoms with E-state index >= 15 is 0 Å². The van der Waals surface area contributed by atoms with Crippen LogP contribution < -0.4 is 19.7 Å². The van der Waals surface area contributed by atoms with Crippen molar-refractivity contribution in [2.24, 2.45) is 0 Å². The van der Waals surface area contributed by atoms with Crippen molar-refractivity contribution >= 4 is 63.5 Å². The molecule has 0 unspecified atom stereocenters. The van der Waals surface area contributed by atoms with Crippen LogP contribution in [0.2, 0.25) is 0 Å². The van der Waals surface area contributed by atoms with Gasteiger partial charge in [-0.3, -0.25) is 19.8 Å². The highest BCUT2D eigenvalue weighted by Gasteiger charge is 2.34. The number of hydrogen-bond acceptors (Lipinski definition) is 5. The number of anilines is 1. The quantitative estimate of drug-likeness (QED) is 0.148. The van der Waals surface area contributed by atoms with E-state index in [4.69, 9.17) is 21.7 Å². The maximum atomic E-state index is 14.1. The number of carbonyl (C=O) groups excluding carboxylic acids is 2. The fraction of sp³-hybridized carbons (Fsp3) is 0.179. The molecule has 1 saturated heterocycles. The highest BCUT2D eigenvalue weighted by molar-refractivity contribution is 14.1. The van der Waals surface area contributed by atoms with E-state index in [-0.39, 0.29) is 23.1 Å². The molecular weight excluding hydrogens is 606 g/mol. The number of nitrogens with zero attached hydrogens (tertiary/aromatic N) is 1. The average Bonchev–Trinajstić information content (AvgIpc) is 2.87. The number of rotatable bonds is 8. The lowest BCUT2D eigenvalue weighted by atomic mass is 10.1. The molecule has 1 fully saturated rings. The molecular formula is C28H24FIN2O4S. The molecule has 0 aliphatic carbocycles. The third-order valence-electron chi connectivity index (χ3n) is 5.68. The summed E-state index contributed by atoms with van der Waals surface area (Å²) in [5.74, 6) is -0.588. The van der Waals surface area contributed by atoms with Gasteiger partial charge in [-0.2, -0.15) is 0 Å². The SMILES string of the molecule is CCOc1cc(/C=C2\C(=O)NC(=S)N(c3ccc(CC)cc3)C2=O)cc(I)c1OCc1ccccc1F. The van der Waals surface area contributed by atoms with Gasteiger partial charge < -0.3 is 9.47 Å². The van der Waals surface area contributed by atoms with Gasteiger partial charge in [0.25, 0.3) is 11.8 Å². The van der Waals surface area contributed by atoms with E-state index < -0.39 is 11.8 Å². The van der Waals surface area contributed by atoms with Crippen molar-refractivity contribution in [2.45, 2.75) is 26.9 Å². The first-order chi connectivity index (χ1) is 17.8. The van der Waals surface area contributed by atoms with Crippen molar-refractivity contribution in [2.75, 3.05) is 11.5 Å². The van der Waals surface area contributed by atoms with Crippen LogP contribution in [0.3, 0.4) is 0 Å². The van der Waals surface area contributed by atoms with Gasteiger partial charge in [-0.05, 0) is 95.7 Å². The molecule has 3 aromatic rings. The van der Waals surface area contributed by atoms with Gasteiger partial charge in [0.2, 0.25) is 0 Å². The number of ether oxygens (including phenoxy) is 2. The van der Waals surface area contributed by atoms with Crippen LogP contribution in [-0.2, 0) is 22.6 Å². The lowest BCUT2D eigenvalue weighted by molar-refractivity contribution is -0.122. The Bertz CT molecular complexity index is 1390. The molecule has 1 aliphatic rings. The van der Waals surface area contributed by atoms with Crippen molar-refractivity contribution in [1.29, 1.82) is 0 Å². The molecule has 6 nitrogen and oxygen atoms in total. The Morgan fingerprint density at radius 3 is 2.46 bits per heavy atom. The Balaban J connectivity index is 1.65. The first kappa shape index (κ1) is 26.7. The highest BCUT2D eigenvalue weighted by Crippen LogP contribution is 2.36. The number of benzene rings is 3. The minimum absolute atomic E-state index is 0.0211. The predicted octanol–water partition coefficient (Wildman–Crippen LogP) is 5.80. The topological polar surface area (TPSA) is 67.9 Å². The monoisotopic (exact) mass is 630 g/mol. The van der Waals surface area contributed by atoms with E-state index in [0.717, 1.165) is 12.0 Å². The van der Waals surface area contributed by atoms with Crippen LogP contribution in [0.4, 0.5) is 10.1 Å². The molecule has 0 bridgehead atoms. The Hall–Kier alpha value is -3.31. The molecule has 9 heteroatoms. The zero-order valence-corrected chi connectivity index (χ0v) is 23.2. The lowest BCUT2D eigenvalue weighted by Crippen LogP contribution is -2.54. The first-order valence-corrected chi connectivity index (χ1v) is 13.1. The number of halogens is 2. The molecule has 0 saturated carbocycles. The summed E-state index contributed by atoms with van der Waals surface area (Å²) in [6.45, 7) is 4.26. The van der Waals surface area contributed by atoms with Crippen LogP contribution in [0.1, 0.15) is 30.5 Å². The standard InChI is InChI=1S/C28H24FIN2O4S/c1-3-17-9-11-20(12-10-17)32-27(34)21(26(33)31-28(32)37)13-18-14-23(30)25(24(15-18)35-4-2)36-16-19-7-5-6-8-22(19)29/h5-15H,3-4,16H2,1-2H3,(H,31,33,37)/b21-13+. The second kappa shape index (κ2) is 11.8. The second-order valence-corrected chi connectivity index (χ2v) is 9.67. The number of amides is 2. The van der Waals surface area contributed by atoms with Crippen LogP contribution in [-0.4, -0.2) is 23.5 Å². The Kier molecular flexibility index (Phi) is 8.55. The van der Waals surface area contributed by atoms with E-state index in [0.29, 0.717) is 38.5 Å². The van der Waals surface area contributed by atoms with Crippen LogP contribution in [0.15, 0.2) is 66.2 Å². The summed E-state index contributed by atoms with van der Waals surface area (Å²) in [7, 11) is 0. The summed E-state index contributed by atoms with van der Waals surface area (Å²) in [6, 6.07) is 17.3. The van der Waals surface area contributed by atoms with Gasteiger partial charge in [0.15, 0.2) is 16.6 Å². The third kappa shape index (κ3) is 5.99. The van der Waals surface area contributed by atoms with E-state index in [9.17, 15) is 14.0 Å². The zero-order chi connectivity index (χ0) is 26.5. The molecule has 0 spiro atoms. The predicted molar refractivity (Wildman–Crippen MR) is 153 cm³/mol. The minimum atomic E-state index is -0.579. The normalized spacial score (nSPS) is 14.6. The van der Waals surface area contributed by atoms with Gasteiger partial charge in [0, 0.05) is 5.56 Å². The van der Waals surface area contributed by atoms with E-state index in [2.05, 4.69) is 27.9 Å². The van der Waals surface area contributed by atoms with Crippen LogP contribution in [0.25, 0.3) is 6.08 Å². The van der Waals surface area contributed by atoms with E-state index in [1.54, 1.807) is 42.5 Å². The maximum absolute atomic E-state index is 14.1. The molecule has 37 heavy (non-hydrogen) atoms. The number of hydrogen-bond donors (Lipinski definition) is 1. The number of carbonyl (C=O) groups is 2. The third-order valence-corrected chi connectivity index (χ3v) is 6.76. The smallest absolute Gasteiger partial charge is 0.270 e. The molecule has 190 valence electrons. The summed E-state index contributed by atoms with van der Waals surface area (Å²) in [5.41, 5.74) is 2.61. The Labute approximate surface area is 233 Å². The molecule has 3 aromatic carbocycles. The van der Waals surface area contributed by atoms with Gasteiger partial charge in [-0.25, -0.2) is 4.39 Å². The average molecular weight is 630 g/mol. The van der Waals surface area contributed by atoms with Crippen molar-refractivity contribution in [3.63, 3.8) is 0 Å². The largest absolute Gasteiger partial charge is 0.490 e. The van der Waals surface area contributed by atoms with Crippen molar-refractivity contribution in [3.8, 4) is 11.5 Å². The summed E-state index contributed by atoms with van der Waals surface area (Å²) in [4.78, 5) is 27.4. The maximum Gasteiger partial charge on any atom is 0.270 e. The Morgan fingerprint density at radius 2 is 1.78 bits per heavy atom. The molecule has 2 amide bonds. The summed E-state index contributed by atoms with van der Waals surface area (Å²) in [6.07, 6.45) is 2.36. The summed E-state index contributed by atoms with van der Waals surface area (Å²) >= 11 is 7.38. The highest BCUT2D eigenvalue weighted by atomic mass is 127. The molecule has 4 rings (SSSR count). The minimum Gasteiger partial charge on any atom is -0.490 e. The Morgan fingerprint density at radius 1 is 1.05 bits per heavy atom. The van der Waals surface area contributed by atoms with Gasteiger partial charge >= 0.3 is 0 Å².